The van der Waals surface area contributed by atoms with Gasteiger partial charge in [0, 0.05) is 25.7 Å². The number of aliphatic hydroxyl groups excluding tert-OH is 1. The van der Waals surface area contributed by atoms with Gasteiger partial charge in [-0.25, -0.2) is 9.13 Å². The van der Waals surface area contributed by atoms with Crippen LogP contribution in [0.3, 0.4) is 0 Å². The highest BCUT2D eigenvalue weighted by Gasteiger charge is 2.30. The number of rotatable bonds is 78. The predicted molar refractivity (Wildman–Crippen MR) is 405 cm³/mol. The SMILES string of the molecule is CCCCCCCCCCCCCCCCCCC(=O)OC[C@H](COP(=O)(O)OC[C@@H](O)COP(=O)(O)OC[C@@H](COC(=O)CCCCCCCCCCC(C)C)OC(=O)CCCCCCCCCCCCCCC(C)C)OC(=O)CCCCCCCCCCCCCCCCC(C)C. The van der Waals surface area contributed by atoms with Gasteiger partial charge in [0.1, 0.15) is 19.3 Å². The van der Waals surface area contributed by atoms with Gasteiger partial charge in [-0.15, -0.1) is 0 Å². The van der Waals surface area contributed by atoms with E-state index >= 15 is 0 Å². The molecule has 0 aliphatic heterocycles. The lowest BCUT2D eigenvalue weighted by Crippen LogP contribution is -2.30. The molecule has 0 aromatic carbocycles. The molecular weight excluding hydrogens is 1290 g/mol. The molecule has 0 aromatic heterocycles. The van der Waals surface area contributed by atoms with Crippen molar-refractivity contribution in [1.29, 1.82) is 0 Å². The molecule has 588 valence electrons. The highest BCUT2D eigenvalue weighted by atomic mass is 31.2. The Kier molecular flexibility index (Phi) is 69.0. The van der Waals surface area contributed by atoms with Crippen LogP contribution in [0.25, 0.3) is 0 Å². The van der Waals surface area contributed by atoms with E-state index in [1.807, 2.05) is 0 Å². The summed E-state index contributed by atoms with van der Waals surface area (Å²) in [6, 6.07) is 0. The molecule has 0 amide bonds. The first kappa shape index (κ1) is 97.1. The summed E-state index contributed by atoms with van der Waals surface area (Å²) >= 11 is 0. The third-order valence-electron chi connectivity index (χ3n) is 18.6. The minimum Gasteiger partial charge on any atom is -0.462 e. The van der Waals surface area contributed by atoms with Gasteiger partial charge in [-0.2, -0.15) is 0 Å². The Bertz CT molecular complexity index is 1920. The maximum absolute atomic E-state index is 13.1. The van der Waals surface area contributed by atoms with Crippen molar-refractivity contribution in [1.82, 2.24) is 0 Å². The van der Waals surface area contributed by atoms with Gasteiger partial charge < -0.3 is 33.8 Å². The molecule has 5 atom stereocenters. The number of aliphatic hydroxyl groups is 1. The summed E-state index contributed by atoms with van der Waals surface area (Å²) in [6.07, 6.45) is 58.2. The largest absolute Gasteiger partial charge is 0.472 e. The van der Waals surface area contributed by atoms with Crippen molar-refractivity contribution in [2.75, 3.05) is 39.6 Å². The number of esters is 4. The Morgan fingerprint density at radius 2 is 0.465 bits per heavy atom. The first-order chi connectivity index (χ1) is 47.7. The topological polar surface area (TPSA) is 237 Å². The molecule has 3 N–H and O–H groups in total. The van der Waals surface area contributed by atoms with Gasteiger partial charge in [-0.1, -0.05) is 363 Å². The number of unbranched alkanes of at least 4 members (excludes halogenated alkanes) is 46. The lowest BCUT2D eigenvalue weighted by Gasteiger charge is -2.21. The van der Waals surface area contributed by atoms with Crippen LogP contribution in [-0.4, -0.2) is 96.7 Å². The molecule has 0 saturated carbocycles. The molecule has 2 unspecified atom stereocenters. The molecule has 0 saturated heterocycles. The van der Waals surface area contributed by atoms with Gasteiger partial charge in [-0.05, 0) is 43.4 Å². The Morgan fingerprint density at radius 1 is 0.273 bits per heavy atom. The highest BCUT2D eigenvalue weighted by Crippen LogP contribution is 2.45. The minimum absolute atomic E-state index is 0.106. The van der Waals surface area contributed by atoms with Gasteiger partial charge >= 0.3 is 39.5 Å². The van der Waals surface area contributed by atoms with E-state index in [-0.39, 0.29) is 25.7 Å². The first-order valence-electron chi connectivity index (χ1n) is 41.3. The predicted octanol–water partition coefficient (Wildman–Crippen LogP) is 23.7. The van der Waals surface area contributed by atoms with E-state index in [0.717, 1.165) is 108 Å². The van der Waals surface area contributed by atoms with Crippen molar-refractivity contribution in [3.05, 3.63) is 0 Å². The van der Waals surface area contributed by atoms with Crippen LogP contribution in [0.5, 0.6) is 0 Å². The van der Waals surface area contributed by atoms with Crippen molar-refractivity contribution in [3.8, 4) is 0 Å². The van der Waals surface area contributed by atoms with E-state index in [1.165, 1.54) is 225 Å². The molecule has 17 nitrogen and oxygen atoms in total. The van der Waals surface area contributed by atoms with E-state index < -0.39 is 97.5 Å². The summed E-state index contributed by atoms with van der Waals surface area (Å²) in [7, 11) is -9.92. The van der Waals surface area contributed by atoms with Gasteiger partial charge in [0.25, 0.3) is 0 Å². The molecule has 0 aliphatic rings. The molecule has 0 rings (SSSR count). The van der Waals surface area contributed by atoms with Crippen LogP contribution < -0.4 is 0 Å². The van der Waals surface area contributed by atoms with Crippen molar-refractivity contribution in [2.45, 2.75) is 433 Å². The van der Waals surface area contributed by atoms with Crippen LogP contribution in [0.15, 0.2) is 0 Å². The number of carbonyl (C=O) groups excluding carboxylic acids is 4. The zero-order chi connectivity index (χ0) is 73.0. The van der Waals surface area contributed by atoms with Crippen LogP contribution in [0.1, 0.15) is 414 Å². The van der Waals surface area contributed by atoms with Crippen molar-refractivity contribution < 1.29 is 80.2 Å². The highest BCUT2D eigenvalue weighted by molar-refractivity contribution is 7.47. The van der Waals surface area contributed by atoms with E-state index in [2.05, 4.69) is 48.5 Å². The molecule has 0 aromatic rings. The third-order valence-corrected chi connectivity index (χ3v) is 20.5. The zero-order valence-electron chi connectivity index (χ0n) is 65.0. The lowest BCUT2D eigenvalue weighted by atomic mass is 10.0. The Labute approximate surface area is 607 Å². The number of hydrogen-bond donors (Lipinski definition) is 3. The molecular formula is C80H156O17P2. The lowest BCUT2D eigenvalue weighted by molar-refractivity contribution is -0.161. The summed E-state index contributed by atoms with van der Waals surface area (Å²) in [5.74, 6) is 0.187. The molecule has 0 spiro atoms. The van der Waals surface area contributed by atoms with E-state index in [0.29, 0.717) is 25.7 Å². The molecule has 19 heteroatoms. The second-order valence-corrected chi connectivity index (χ2v) is 33.1. The quantitative estimate of drug-likeness (QED) is 0.0222. The second-order valence-electron chi connectivity index (χ2n) is 30.2. The number of phosphoric acid groups is 2. The summed E-state index contributed by atoms with van der Waals surface area (Å²) < 4.78 is 68.7. The Hall–Kier alpha value is -1.94. The normalized spacial score (nSPS) is 14.0. The van der Waals surface area contributed by atoms with Crippen LogP contribution in [0.4, 0.5) is 0 Å². The maximum atomic E-state index is 13.1. The van der Waals surface area contributed by atoms with Gasteiger partial charge in [0.05, 0.1) is 26.4 Å². The Morgan fingerprint density at radius 3 is 0.687 bits per heavy atom. The summed E-state index contributed by atoms with van der Waals surface area (Å²) in [5, 5.41) is 10.6. The molecule has 0 heterocycles. The fourth-order valence-corrected chi connectivity index (χ4v) is 13.9. The number of carbonyl (C=O) groups is 4. The number of phosphoric ester groups is 2. The zero-order valence-corrected chi connectivity index (χ0v) is 66.8. The monoisotopic (exact) mass is 1450 g/mol. The fraction of sp³-hybridized carbons (Fsp3) is 0.950. The summed E-state index contributed by atoms with van der Waals surface area (Å²) in [5.41, 5.74) is 0. The van der Waals surface area contributed by atoms with Crippen molar-refractivity contribution in [3.63, 3.8) is 0 Å². The molecule has 0 fully saturated rings. The average molecular weight is 1450 g/mol. The van der Waals surface area contributed by atoms with Gasteiger partial charge in [0.15, 0.2) is 12.2 Å². The average Bonchev–Trinajstić information content (AvgIpc) is 1.28. The summed E-state index contributed by atoms with van der Waals surface area (Å²) in [4.78, 5) is 73.0. The maximum Gasteiger partial charge on any atom is 0.472 e. The van der Waals surface area contributed by atoms with Crippen molar-refractivity contribution in [2.24, 2.45) is 17.8 Å². The third kappa shape index (κ3) is 74.1. The van der Waals surface area contributed by atoms with E-state index in [4.69, 9.17) is 37.0 Å². The van der Waals surface area contributed by atoms with E-state index in [1.54, 1.807) is 0 Å². The number of ether oxygens (including phenoxy) is 4. The van der Waals surface area contributed by atoms with Crippen LogP contribution in [-0.2, 0) is 65.4 Å². The molecule has 0 aliphatic carbocycles. The molecule has 99 heavy (non-hydrogen) atoms. The van der Waals surface area contributed by atoms with Crippen LogP contribution in [0.2, 0.25) is 0 Å². The standard InChI is InChI=1S/C80H156O17P2/c1-8-9-10-11-12-13-14-15-16-17-21-27-32-40-47-54-61-77(82)90-67-75(96-79(84)63-56-49-42-33-28-22-19-18-20-25-30-37-44-51-58-71(2)3)69-94-98(86,87)92-65-74(81)66-93-99(88,89)95-70-76(68-91-78(83)62-55-48-41-36-35-39-46-53-60-73(6)7)97-80(85)64-57-50-43-34-29-24-23-26-31-38-45-52-59-72(4)5/h71-76,81H,8-70H2,1-7H3,(H,86,87)(H,88,89)/t74-,75-,76-/m1/s1. The van der Waals surface area contributed by atoms with Gasteiger partial charge in [0.2, 0.25) is 0 Å². The summed E-state index contributed by atoms with van der Waals surface area (Å²) in [6.45, 7) is 11.9. The Balaban J connectivity index is 5.26. The van der Waals surface area contributed by atoms with Crippen LogP contribution >= 0.6 is 15.6 Å². The fourth-order valence-electron chi connectivity index (χ4n) is 12.3. The number of hydrogen-bond acceptors (Lipinski definition) is 15. The molecule has 0 radical (unpaired) electrons. The van der Waals surface area contributed by atoms with Crippen LogP contribution in [0, 0.1) is 17.8 Å². The second kappa shape index (κ2) is 70.4. The smallest absolute Gasteiger partial charge is 0.462 e. The molecule has 0 bridgehead atoms. The van der Waals surface area contributed by atoms with Crippen molar-refractivity contribution >= 4 is 39.5 Å². The first-order valence-corrected chi connectivity index (χ1v) is 44.3. The van der Waals surface area contributed by atoms with Gasteiger partial charge in [-0.3, -0.25) is 37.3 Å². The minimum atomic E-state index is -4.96. The van der Waals surface area contributed by atoms with E-state index in [9.17, 15) is 43.2 Å².